The van der Waals surface area contributed by atoms with E-state index in [4.69, 9.17) is 16.3 Å². The minimum atomic E-state index is -3.61. The summed E-state index contributed by atoms with van der Waals surface area (Å²) in [6.45, 7) is 0.0497. The molecule has 34 heavy (non-hydrogen) atoms. The van der Waals surface area contributed by atoms with E-state index in [1.54, 1.807) is 36.4 Å². The van der Waals surface area contributed by atoms with Crippen LogP contribution in [0.15, 0.2) is 42.5 Å². The minimum Gasteiger partial charge on any atom is -0.478 e. The number of nitrogens with zero attached hydrogens (tertiary/aromatic N) is 1. The smallest absolute Gasteiger partial charge is 0.265 e. The van der Waals surface area contributed by atoms with Crippen LogP contribution in [0.4, 0.5) is 11.4 Å². The number of hydrogen-bond acceptors (Lipinski definition) is 5. The van der Waals surface area contributed by atoms with Gasteiger partial charge in [-0.2, -0.15) is 0 Å². The van der Waals surface area contributed by atoms with Crippen LogP contribution < -0.4 is 19.7 Å². The molecule has 1 atom stereocenters. The number of carbonyl (C=O) groups excluding carboxylic acids is 2. The molecule has 1 saturated carbocycles. The fourth-order valence-electron chi connectivity index (χ4n) is 4.39. The highest BCUT2D eigenvalue weighted by Gasteiger charge is 2.32. The van der Waals surface area contributed by atoms with Crippen LogP contribution in [0.2, 0.25) is 5.02 Å². The predicted octanol–water partition coefficient (Wildman–Crippen LogP) is 3.96. The average Bonchev–Trinajstić information content (AvgIpc) is 2.99. The van der Waals surface area contributed by atoms with Crippen LogP contribution in [0.25, 0.3) is 0 Å². The zero-order valence-electron chi connectivity index (χ0n) is 18.9. The lowest BCUT2D eigenvalue weighted by Crippen LogP contribution is -2.38. The molecule has 2 aromatic rings. The molecule has 10 heteroatoms. The zero-order valence-corrected chi connectivity index (χ0v) is 20.5. The fourth-order valence-corrected chi connectivity index (χ4v) is 5.50. The average molecular weight is 506 g/mol. The Hall–Kier alpha value is -2.78. The Kier molecular flexibility index (Phi) is 7.33. The van der Waals surface area contributed by atoms with Crippen molar-refractivity contribution in [2.24, 2.45) is 0 Å². The molecule has 0 aromatic heterocycles. The number of anilines is 2. The van der Waals surface area contributed by atoms with Crippen LogP contribution in [0, 0.1) is 0 Å². The van der Waals surface area contributed by atoms with Gasteiger partial charge in [-0.25, -0.2) is 8.42 Å². The number of amides is 2. The van der Waals surface area contributed by atoms with Crippen molar-refractivity contribution >= 4 is 44.8 Å². The molecule has 2 aliphatic rings. The number of hydrogen-bond donors (Lipinski definition) is 2. The third-order valence-corrected chi connectivity index (χ3v) is 7.53. The Balaban J connectivity index is 1.52. The summed E-state index contributed by atoms with van der Waals surface area (Å²) in [5, 5.41) is 6.23. The summed E-state index contributed by atoms with van der Waals surface area (Å²) in [6, 6.07) is 11.6. The second kappa shape index (κ2) is 10.2. The molecule has 0 radical (unpaired) electrons. The maximum Gasteiger partial charge on any atom is 0.265 e. The maximum atomic E-state index is 13.2. The number of para-hydroxylation sites is 1. The third-order valence-electron chi connectivity index (χ3n) is 6.12. The standard InChI is InChI=1S/C24H28ClN3O5S/c1-34(31,32)28-14-13-22(33-21-12-11-16(25)15-20(21)28)24(30)27-19-10-6-5-9-18(19)23(29)26-17-7-3-2-4-8-17/h5-6,9-12,15,17,22H,2-4,7-8,13-14H2,1H3,(H,26,29)(H,27,30). The minimum absolute atomic E-state index is 0.0497. The van der Waals surface area contributed by atoms with Crippen LogP contribution in [0.1, 0.15) is 48.9 Å². The first-order valence-corrected chi connectivity index (χ1v) is 13.6. The van der Waals surface area contributed by atoms with Gasteiger partial charge in [0.05, 0.1) is 23.2 Å². The molecular formula is C24H28ClN3O5S. The SMILES string of the molecule is CS(=O)(=O)N1CCC(C(=O)Nc2ccccc2C(=O)NC2CCCCC2)Oc2ccc(Cl)cc21. The summed E-state index contributed by atoms with van der Waals surface area (Å²) in [6.07, 6.45) is 5.56. The second-order valence-electron chi connectivity index (χ2n) is 8.69. The molecule has 1 aliphatic heterocycles. The molecule has 2 amide bonds. The number of carbonyl (C=O) groups is 2. The van der Waals surface area contributed by atoms with E-state index in [2.05, 4.69) is 10.6 Å². The van der Waals surface area contributed by atoms with Gasteiger partial charge in [0.2, 0.25) is 10.0 Å². The van der Waals surface area contributed by atoms with E-state index in [9.17, 15) is 18.0 Å². The molecular weight excluding hydrogens is 478 g/mol. The molecule has 0 bridgehead atoms. The molecule has 4 rings (SSSR count). The maximum absolute atomic E-state index is 13.2. The zero-order chi connectivity index (χ0) is 24.3. The van der Waals surface area contributed by atoms with Crippen molar-refractivity contribution in [1.29, 1.82) is 0 Å². The summed E-state index contributed by atoms with van der Waals surface area (Å²) < 4.78 is 31.8. The van der Waals surface area contributed by atoms with Crippen molar-refractivity contribution in [3.63, 3.8) is 0 Å². The summed E-state index contributed by atoms with van der Waals surface area (Å²) in [4.78, 5) is 26.1. The molecule has 8 nitrogen and oxygen atoms in total. The summed E-state index contributed by atoms with van der Waals surface area (Å²) in [5.74, 6) is -0.446. The van der Waals surface area contributed by atoms with Gasteiger partial charge in [-0.1, -0.05) is 43.0 Å². The molecule has 1 aliphatic carbocycles. The van der Waals surface area contributed by atoms with Crippen molar-refractivity contribution in [3.8, 4) is 5.75 Å². The Morgan fingerprint density at radius 2 is 1.79 bits per heavy atom. The van der Waals surface area contributed by atoms with Gasteiger partial charge >= 0.3 is 0 Å². The first-order chi connectivity index (χ1) is 16.2. The van der Waals surface area contributed by atoms with E-state index in [-0.39, 0.29) is 36.4 Å². The number of fused-ring (bicyclic) bond motifs is 1. The third kappa shape index (κ3) is 5.64. The van der Waals surface area contributed by atoms with Crippen LogP contribution >= 0.6 is 11.6 Å². The van der Waals surface area contributed by atoms with E-state index in [0.29, 0.717) is 16.3 Å². The highest BCUT2D eigenvalue weighted by atomic mass is 35.5. The monoisotopic (exact) mass is 505 g/mol. The first-order valence-electron chi connectivity index (χ1n) is 11.4. The van der Waals surface area contributed by atoms with Gasteiger partial charge in [0, 0.05) is 24.0 Å². The van der Waals surface area contributed by atoms with Crippen LogP contribution in [0.5, 0.6) is 5.75 Å². The van der Waals surface area contributed by atoms with Crippen molar-refractivity contribution in [3.05, 3.63) is 53.1 Å². The number of rotatable bonds is 5. The van der Waals surface area contributed by atoms with Gasteiger partial charge in [0.25, 0.3) is 11.8 Å². The van der Waals surface area contributed by atoms with Crippen LogP contribution in [-0.2, 0) is 14.8 Å². The highest BCUT2D eigenvalue weighted by Crippen LogP contribution is 2.36. The number of sulfonamides is 1. The van der Waals surface area contributed by atoms with Crippen molar-refractivity contribution in [2.45, 2.75) is 50.7 Å². The molecule has 2 N–H and O–H groups in total. The summed E-state index contributed by atoms with van der Waals surface area (Å²) >= 11 is 6.07. The van der Waals surface area contributed by atoms with Gasteiger partial charge < -0.3 is 15.4 Å². The van der Waals surface area contributed by atoms with Crippen molar-refractivity contribution in [1.82, 2.24) is 5.32 Å². The molecule has 1 fully saturated rings. The summed E-state index contributed by atoms with van der Waals surface area (Å²) in [7, 11) is -3.61. The van der Waals surface area contributed by atoms with Gasteiger partial charge in [-0.15, -0.1) is 0 Å². The van der Waals surface area contributed by atoms with Gasteiger partial charge in [0.15, 0.2) is 6.10 Å². The van der Waals surface area contributed by atoms with Crippen molar-refractivity contribution in [2.75, 3.05) is 22.4 Å². The van der Waals surface area contributed by atoms with E-state index in [1.807, 2.05) is 0 Å². The van der Waals surface area contributed by atoms with Gasteiger partial charge in [-0.3, -0.25) is 13.9 Å². The number of ether oxygens (including phenoxy) is 1. The Bertz CT molecular complexity index is 1180. The van der Waals surface area contributed by atoms with E-state index in [0.717, 1.165) is 31.9 Å². The molecule has 1 unspecified atom stereocenters. The fraction of sp³-hybridized carbons (Fsp3) is 0.417. The Morgan fingerprint density at radius 3 is 2.53 bits per heavy atom. The second-order valence-corrected chi connectivity index (χ2v) is 11.0. The molecule has 0 spiro atoms. The molecule has 0 saturated heterocycles. The van der Waals surface area contributed by atoms with Crippen molar-refractivity contribution < 1.29 is 22.7 Å². The largest absolute Gasteiger partial charge is 0.478 e. The lowest BCUT2D eigenvalue weighted by Gasteiger charge is -2.23. The molecule has 2 aromatic carbocycles. The lowest BCUT2D eigenvalue weighted by atomic mass is 9.95. The van der Waals surface area contributed by atoms with Crippen LogP contribution in [-0.4, -0.2) is 45.2 Å². The van der Waals surface area contributed by atoms with Gasteiger partial charge in [0.1, 0.15) is 5.75 Å². The van der Waals surface area contributed by atoms with E-state index < -0.39 is 22.0 Å². The highest BCUT2D eigenvalue weighted by molar-refractivity contribution is 7.92. The normalized spacial score (nSPS) is 18.9. The predicted molar refractivity (Wildman–Crippen MR) is 132 cm³/mol. The molecule has 1 heterocycles. The quantitative estimate of drug-likeness (QED) is 0.640. The number of nitrogens with one attached hydrogen (secondary N) is 2. The Morgan fingerprint density at radius 1 is 1.06 bits per heavy atom. The van der Waals surface area contributed by atoms with E-state index >= 15 is 0 Å². The summed E-state index contributed by atoms with van der Waals surface area (Å²) in [5.41, 5.74) is 1.04. The topological polar surface area (TPSA) is 105 Å². The number of halogens is 1. The molecule has 182 valence electrons. The Labute approximate surface area is 204 Å². The lowest BCUT2D eigenvalue weighted by molar-refractivity contribution is -0.122. The number of benzene rings is 2. The van der Waals surface area contributed by atoms with Crippen LogP contribution in [0.3, 0.4) is 0 Å². The van der Waals surface area contributed by atoms with E-state index in [1.165, 1.54) is 16.8 Å². The van der Waals surface area contributed by atoms with Gasteiger partial charge in [-0.05, 0) is 43.2 Å². The first kappa shape index (κ1) is 24.3.